The van der Waals surface area contributed by atoms with Crippen LogP contribution in [0.4, 0.5) is 5.69 Å². The number of aromatic nitrogens is 1. The molecule has 0 saturated carbocycles. The van der Waals surface area contributed by atoms with Crippen molar-refractivity contribution < 1.29 is 14.3 Å². The monoisotopic (exact) mass is 531 g/mol. The molecule has 1 aromatic heterocycles. The second-order valence-corrected chi connectivity index (χ2v) is 8.99. The number of amides is 1. The number of anilines is 1. The fourth-order valence-electron chi connectivity index (χ4n) is 3.80. The number of oxazole rings is 1. The molecule has 8 heteroatoms. The fraction of sp³-hybridized carbons (Fsp3) is 0.0385. The number of hydrogen-bond acceptors (Lipinski definition) is 5. The van der Waals surface area contributed by atoms with Gasteiger partial charge < -0.3 is 14.8 Å². The number of para-hydroxylation sites is 2. The largest absolute Gasteiger partial charge is 0.507 e. The standard InChI is InChI=1S/C26H18BrN3O3S/c1-14-12-15(13-19(23(14)31)25-29-21-10-2-3-11-22(21)33-25)28-26(34)30-24(32)18-8-4-7-17-16(18)6-5-9-20(17)27/h2-13,31H,1H3,(H2,28,30,32,34). The molecule has 168 valence electrons. The van der Waals surface area contributed by atoms with Crippen molar-refractivity contribution in [1.29, 1.82) is 0 Å². The maximum absolute atomic E-state index is 13.0. The van der Waals surface area contributed by atoms with Crippen LogP contribution in [0, 0.1) is 6.92 Å². The second-order valence-electron chi connectivity index (χ2n) is 7.72. The molecule has 5 rings (SSSR count). The minimum atomic E-state index is -0.323. The summed E-state index contributed by atoms with van der Waals surface area (Å²) < 4.78 is 6.73. The van der Waals surface area contributed by atoms with Gasteiger partial charge in [0, 0.05) is 15.7 Å². The molecular weight excluding hydrogens is 514 g/mol. The third-order valence-electron chi connectivity index (χ3n) is 5.42. The van der Waals surface area contributed by atoms with E-state index in [0.717, 1.165) is 15.2 Å². The zero-order chi connectivity index (χ0) is 23.8. The summed E-state index contributed by atoms with van der Waals surface area (Å²) in [5.74, 6) is 0.0333. The van der Waals surface area contributed by atoms with E-state index in [1.165, 1.54) is 0 Å². The van der Waals surface area contributed by atoms with Crippen LogP contribution in [0.3, 0.4) is 0 Å². The SMILES string of the molecule is Cc1cc(NC(=S)NC(=O)c2cccc3c(Br)cccc23)cc(-c2nc3ccccc3o2)c1O. The molecule has 0 radical (unpaired) electrons. The van der Waals surface area contributed by atoms with Gasteiger partial charge in [0.2, 0.25) is 5.89 Å². The van der Waals surface area contributed by atoms with Gasteiger partial charge in [0.05, 0.1) is 5.56 Å². The van der Waals surface area contributed by atoms with Crippen LogP contribution in [0.5, 0.6) is 5.75 Å². The highest BCUT2D eigenvalue weighted by molar-refractivity contribution is 9.10. The summed E-state index contributed by atoms with van der Waals surface area (Å²) in [7, 11) is 0. The molecule has 0 bridgehead atoms. The van der Waals surface area contributed by atoms with E-state index in [2.05, 4.69) is 31.5 Å². The van der Waals surface area contributed by atoms with E-state index in [4.69, 9.17) is 16.6 Å². The van der Waals surface area contributed by atoms with Crippen molar-refractivity contribution in [3.63, 3.8) is 0 Å². The molecular formula is C26H18BrN3O3S. The Balaban J connectivity index is 1.40. The van der Waals surface area contributed by atoms with Crippen molar-refractivity contribution in [2.75, 3.05) is 5.32 Å². The van der Waals surface area contributed by atoms with Gasteiger partial charge in [0.25, 0.3) is 5.91 Å². The highest BCUT2D eigenvalue weighted by atomic mass is 79.9. The average Bonchev–Trinajstić information content (AvgIpc) is 3.25. The van der Waals surface area contributed by atoms with Crippen molar-refractivity contribution in [2.24, 2.45) is 0 Å². The molecule has 0 spiro atoms. The number of phenolic OH excluding ortho intramolecular Hbond substituents is 1. The van der Waals surface area contributed by atoms with Gasteiger partial charge in [0.1, 0.15) is 11.3 Å². The summed E-state index contributed by atoms with van der Waals surface area (Å²) in [4.78, 5) is 17.4. The molecule has 3 N–H and O–H groups in total. The number of rotatable bonds is 3. The van der Waals surface area contributed by atoms with Crippen molar-refractivity contribution in [3.05, 3.63) is 88.4 Å². The van der Waals surface area contributed by atoms with Crippen molar-refractivity contribution in [2.45, 2.75) is 6.92 Å². The maximum Gasteiger partial charge on any atom is 0.258 e. The van der Waals surface area contributed by atoms with Gasteiger partial charge in [-0.3, -0.25) is 10.1 Å². The number of aryl methyl sites for hydroxylation is 1. The van der Waals surface area contributed by atoms with Crippen LogP contribution in [0.15, 0.2) is 81.7 Å². The molecule has 0 aliphatic heterocycles. The molecule has 4 aromatic carbocycles. The van der Waals surface area contributed by atoms with E-state index < -0.39 is 0 Å². The number of phenols is 1. The van der Waals surface area contributed by atoms with Crippen LogP contribution in [0.25, 0.3) is 33.3 Å². The number of fused-ring (bicyclic) bond motifs is 2. The number of nitrogens with one attached hydrogen (secondary N) is 2. The number of aromatic hydroxyl groups is 1. The van der Waals surface area contributed by atoms with Crippen LogP contribution in [0.2, 0.25) is 0 Å². The highest BCUT2D eigenvalue weighted by Gasteiger charge is 2.17. The normalized spacial score (nSPS) is 11.0. The second kappa shape index (κ2) is 8.89. The molecule has 0 aliphatic rings. The molecule has 6 nitrogen and oxygen atoms in total. The zero-order valence-electron chi connectivity index (χ0n) is 17.9. The predicted molar refractivity (Wildman–Crippen MR) is 141 cm³/mol. The van der Waals surface area contributed by atoms with Gasteiger partial charge in [-0.05, 0) is 71.9 Å². The van der Waals surface area contributed by atoms with Crippen LogP contribution < -0.4 is 10.6 Å². The fourth-order valence-corrected chi connectivity index (χ4v) is 4.51. The number of benzene rings is 4. The molecule has 0 saturated heterocycles. The Hall–Kier alpha value is -3.75. The molecule has 0 fully saturated rings. The Bertz CT molecular complexity index is 1560. The summed E-state index contributed by atoms with van der Waals surface area (Å²) in [5.41, 5.74) is 3.44. The van der Waals surface area contributed by atoms with Crippen LogP contribution >= 0.6 is 28.1 Å². The number of thiocarbonyl (C=S) groups is 1. The first-order valence-electron chi connectivity index (χ1n) is 10.4. The van der Waals surface area contributed by atoms with E-state index in [0.29, 0.717) is 39.4 Å². The van der Waals surface area contributed by atoms with Crippen LogP contribution in [0.1, 0.15) is 15.9 Å². The molecule has 34 heavy (non-hydrogen) atoms. The molecule has 1 heterocycles. The van der Waals surface area contributed by atoms with Crippen LogP contribution in [-0.4, -0.2) is 21.1 Å². The first kappa shape index (κ1) is 22.1. The predicted octanol–water partition coefficient (Wildman–Crippen LogP) is 6.55. The van der Waals surface area contributed by atoms with Gasteiger partial charge in [-0.25, -0.2) is 4.98 Å². The van der Waals surface area contributed by atoms with Gasteiger partial charge in [-0.1, -0.05) is 52.3 Å². The third kappa shape index (κ3) is 4.13. The Labute approximate surface area is 208 Å². The Morgan fingerprint density at radius 1 is 1.03 bits per heavy atom. The lowest BCUT2D eigenvalue weighted by Crippen LogP contribution is -2.34. The molecule has 1 amide bonds. The maximum atomic E-state index is 13.0. The van der Waals surface area contributed by atoms with Crippen molar-refractivity contribution >= 4 is 66.7 Å². The molecule has 5 aromatic rings. The van der Waals surface area contributed by atoms with E-state index in [1.807, 2.05) is 54.6 Å². The summed E-state index contributed by atoms with van der Waals surface area (Å²) in [6.45, 7) is 1.77. The van der Waals surface area contributed by atoms with Crippen LogP contribution in [-0.2, 0) is 0 Å². The summed E-state index contributed by atoms with van der Waals surface area (Å²) >= 11 is 8.92. The minimum Gasteiger partial charge on any atom is -0.507 e. The van der Waals surface area contributed by atoms with Gasteiger partial charge in [-0.15, -0.1) is 0 Å². The van der Waals surface area contributed by atoms with E-state index in [-0.39, 0.29) is 16.8 Å². The number of halogens is 1. The quantitative estimate of drug-likeness (QED) is 0.180. The highest BCUT2D eigenvalue weighted by Crippen LogP contribution is 2.36. The first-order valence-corrected chi connectivity index (χ1v) is 11.6. The van der Waals surface area contributed by atoms with Gasteiger partial charge in [-0.2, -0.15) is 0 Å². The lowest BCUT2D eigenvalue weighted by atomic mass is 10.0. The lowest BCUT2D eigenvalue weighted by molar-refractivity contribution is 0.0979. The van der Waals surface area contributed by atoms with E-state index >= 15 is 0 Å². The molecule has 0 atom stereocenters. The zero-order valence-corrected chi connectivity index (χ0v) is 20.3. The molecule has 0 unspecified atom stereocenters. The first-order chi connectivity index (χ1) is 16.4. The summed E-state index contributed by atoms with van der Waals surface area (Å²) in [5, 5.41) is 18.3. The number of carbonyl (C=O) groups excluding carboxylic acids is 1. The minimum absolute atomic E-state index is 0.0633. The van der Waals surface area contributed by atoms with Crippen molar-refractivity contribution in [3.8, 4) is 17.2 Å². The topological polar surface area (TPSA) is 87.4 Å². The number of carbonyl (C=O) groups is 1. The van der Waals surface area contributed by atoms with Crippen molar-refractivity contribution in [1.82, 2.24) is 10.3 Å². The Morgan fingerprint density at radius 2 is 1.79 bits per heavy atom. The van der Waals surface area contributed by atoms with Gasteiger partial charge in [0.15, 0.2) is 10.7 Å². The summed E-state index contributed by atoms with van der Waals surface area (Å²) in [6.07, 6.45) is 0. The number of hydrogen-bond donors (Lipinski definition) is 3. The number of nitrogens with zero attached hydrogens (tertiary/aromatic N) is 1. The lowest BCUT2D eigenvalue weighted by Gasteiger charge is -2.13. The third-order valence-corrected chi connectivity index (χ3v) is 6.32. The summed E-state index contributed by atoms with van der Waals surface area (Å²) in [6, 6.07) is 22.0. The van der Waals surface area contributed by atoms with E-state index in [9.17, 15) is 9.90 Å². The Morgan fingerprint density at radius 3 is 2.62 bits per heavy atom. The van der Waals surface area contributed by atoms with E-state index in [1.54, 1.807) is 25.1 Å². The molecule has 0 aliphatic carbocycles. The van der Waals surface area contributed by atoms with Gasteiger partial charge >= 0.3 is 0 Å². The average molecular weight is 532 g/mol. The Kier molecular flexibility index (Phi) is 5.77. The smallest absolute Gasteiger partial charge is 0.258 e.